The molecule has 5 rings (SSSR count). The van der Waals surface area contributed by atoms with Gasteiger partial charge < -0.3 is 10.6 Å². The summed E-state index contributed by atoms with van der Waals surface area (Å²) in [6, 6.07) is 15.7. The third kappa shape index (κ3) is 4.91. The molecule has 1 atom stereocenters. The van der Waals surface area contributed by atoms with Crippen LogP contribution in [0.4, 0.5) is 5.69 Å². The van der Waals surface area contributed by atoms with Crippen molar-refractivity contribution in [2.45, 2.75) is 57.5 Å². The average Bonchev–Trinajstić information content (AvgIpc) is 3.34. The normalized spacial score (nSPS) is 22.9. The second kappa shape index (κ2) is 10.3. The van der Waals surface area contributed by atoms with E-state index in [2.05, 4.69) is 51.0 Å². The Kier molecular flexibility index (Phi) is 7.02. The smallest absolute Gasteiger partial charge is 0.0829 e. The van der Waals surface area contributed by atoms with Gasteiger partial charge in [0.1, 0.15) is 0 Å². The molecule has 1 aliphatic carbocycles. The summed E-state index contributed by atoms with van der Waals surface area (Å²) in [5.41, 5.74) is 15.4. The van der Waals surface area contributed by atoms with Gasteiger partial charge in [-0.15, -0.1) is 0 Å². The highest BCUT2D eigenvalue weighted by atomic mass is 35.5. The number of allylic oxidation sites excluding steroid dienone is 1. The third-order valence-corrected chi connectivity index (χ3v) is 7.81. The maximum atomic E-state index is 7.59. The van der Waals surface area contributed by atoms with Gasteiger partial charge >= 0.3 is 0 Å². The maximum Gasteiger partial charge on any atom is 0.0829 e. The van der Waals surface area contributed by atoms with Gasteiger partial charge in [0, 0.05) is 41.9 Å². The van der Waals surface area contributed by atoms with Crippen molar-refractivity contribution in [3.8, 4) is 0 Å². The Labute approximate surface area is 207 Å². The van der Waals surface area contributed by atoms with E-state index in [0.717, 1.165) is 60.5 Å². The van der Waals surface area contributed by atoms with Gasteiger partial charge in [-0.2, -0.15) is 5.11 Å². The molecule has 0 aromatic heterocycles. The van der Waals surface area contributed by atoms with Crippen molar-refractivity contribution in [1.82, 2.24) is 10.2 Å². The number of halogens is 1. The van der Waals surface area contributed by atoms with E-state index in [1.54, 1.807) is 0 Å². The second-order valence-corrected chi connectivity index (χ2v) is 10.1. The molecule has 34 heavy (non-hydrogen) atoms. The molecule has 3 aliphatic rings. The molecular weight excluding hydrogens is 442 g/mol. The standard InChI is InChI=1S/C28H34ClN5/c1-19(33-30)28-25-10-9-21(20-12-15-34(16-13-20)24-7-2-3-8-24)17-26(25)27(11-14-31-28)32-23-6-4-5-22(29)18-23/h4-6,9-10,12,17-18,24,27,30-32H,2-3,7-8,11,13-16H2,1H3/b28-19-,33-30?. The number of hydrogen-bond donors (Lipinski definition) is 3. The third-order valence-electron chi connectivity index (χ3n) is 7.58. The molecule has 0 amide bonds. The first-order chi connectivity index (χ1) is 16.6. The van der Waals surface area contributed by atoms with E-state index in [-0.39, 0.29) is 6.04 Å². The van der Waals surface area contributed by atoms with Gasteiger partial charge in [-0.1, -0.05) is 48.7 Å². The minimum atomic E-state index is 0.135. The molecule has 0 radical (unpaired) electrons. The van der Waals surface area contributed by atoms with Gasteiger partial charge in [0.2, 0.25) is 0 Å². The molecule has 2 aliphatic heterocycles. The predicted octanol–water partition coefficient (Wildman–Crippen LogP) is 7.24. The van der Waals surface area contributed by atoms with Crippen LogP contribution < -0.4 is 10.6 Å². The minimum Gasteiger partial charge on any atom is -0.383 e. The number of nitrogens with zero attached hydrogens (tertiary/aromatic N) is 2. The molecule has 2 heterocycles. The van der Waals surface area contributed by atoms with Crippen LogP contribution in [0, 0.1) is 5.53 Å². The summed E-state index contributed by atoms with van der Waals surface area (Å²) in [5, 5.41) is 11.7. The molecule has 178 valence electrons. The van der Waals surface area contributed by atoms with Gasteiger partial charge in [0.05, 0.1) is 17.4 Å². The monoisotopic (exact) mass is 475 g/mol. The lowest BCUT2D eigenvalue weighted by Crippen LogP contribution is -2.36. The summed E-state index contributed by atoms with van der Waals surface area (Å²) >= 11 is 6.26. The Balaban J connectivity index is 1.48. The summed E-state index contributed by atoms with van der Waals surface area (Å²) < 4.78 is 0. The van der Waals surface area contributed by atoms with E-state index in [9.17, 15) is 0 Å². The van der Waals surface area contributed by atoms with Crippen LogP contribution in [0.5, 0.6) is 0 Å². The first-order valence-corrected chi connectivity index (χ1v) is 12.9. The largest absolute Gasteiger partial charge is 0.383 e. The molecule has 5 nitrogen and oxygen atoms in total. The highest BCUT2D eigenvalue weighted by Gasteiger charge is 2.26. The van der Waals surface area contributed by atoms with Crippen molar-refractivity contribution in [1.29, 1.82) is 5.53 Å². The molecular formula is C28H34ClN5. The Hall–Kier alpha value is -2.63. The van der Waals surface area contributed by atoms with E-state index in [0.29, 0.717) is 5.70 Å². The highest BCUT2D eigenvalue weighted by molar-refractivity contribution is 6.30. The SMILES string of the molecule is C/C(N=N)=C1/NCCC(Nc2cccc(Cl)c2)c2cc(C3=CCN(C4CCCC4)CC3)ccc21. The zero-order valence-corrected chi connectivity index (χ0v) is 20.7. The van der Waals surface area contributed by atoms with Crippen molar-refractivity contribution in [3.63, 3.8) is 0 Å². The number of nitrogens with one attached hydrogen (secondary N) is 3. The van der Waals surface area contributed by atoms with Crippen LogP contribution in [0.2, 0.25) is 5.02 Å². The van der Waals surface area contributed by atoms with Crippen molar-refractivity contribution >= 4 is 28.6 Å². The highest BCUT2D eigenvalue weighted by Crippen LogP contribution is 2.36. The molecule has 0 spiro atoms. The number of anilines is 1. The lowest BCUT2D eigenvalue weighted by Gasteiger charge is -2.32. The number of fused-ring (bicyclic) bond motifs is 1. The number of benzene rings is 2. The quantitative estimate of drug-likeness (QED) is 0.399. The maximum absolute atomic E-state index is 7.59. The van der Waals surface area contributed by atoms with Crippen molar-refractivity contribution < 1.29 is 0 Å². The summed E-state index contributed by atoms with van der Waals surface area (Å²) in [6.07, 6.45) is 9.97. The van der Waals surface area contributed by atoms with Crippen molar-refractivity contribution in [2.24, 2.45) is 5.11 Å². The van der Waals surface area contributed by atoms with Crippen molar-refractivity contribution in [2.75, 3.05) is 25.0 Å². The lowest BCUT2D eigenvalue weighted by atomic mass is 9.90. The molecule has 2 aromatic carbocycles. The zero-order valence-electron chi connectivity index (χ0n) is 19.9. The Morgan fingerprint density at radius 2 is 2.00 bits per heavy atom. The predicted molar refractivity (Wildman–Crippen MR) is 141 cm³/mol. The minimum absolute atomic E-state index is 0.135. The van der Waals surface area contributed by atoms with Crippen molar-refractivity contribution in [3.05, 3.63) is 76.0 Å². The fraction of sp³-hybridized carbons (Fsp3) is 0.429. The molecule has 2 aromatic rings. The topological polar surface area (TPSA) is 63.5 Å². The van der Waals surface area contributed by atoms with Crippen LogP contribution in [-0.2, 0) is 0 Å². The molecule has 6 heteroatoms. The van der Waals surface area contributed by atoms with E-state index in [1.165, 1.54) is 42.4 Å². The van der Waals surface area contributed by atoms with Crippen LogP contribution in [0.25, 0.3) is 11.3 Å². The molecule has 1 fully saturated rings. The van der Waals surface area contributed by atoms with Crippen LogP contribution in [0.1, 0.15) is 68.2 Å². The molecule has 1 saturated carbocycles. The molecule has 0 saturated heterocycles. The number of hydrogen-bond acceptors (Lipinski definition) is 5. The zero-order chi connectivity index (χ0) is 23.5. The van der Waals surface area contributed by atoms with Gasteiger partial charge in [-0.25, -0.2) is 5.53 Å². The van der Waals surface area contributed by atoms with Crippen LogP contribution >= 0.6 is 11.6 Å². The average molecular weight is 476 g/mol. The van der Waals surface area contributed by atoms with Crippen LogP contribution in [-0.4, -0.2) is 30.6 Å². The number of rotatable bonds is 5. The molecule has 1 unspecified atom stereocenters. The van der Waals surface area contributed by atoms with Crippen LogP contribution in [0.15, 0.2) is 59.4 Å². The van der Waals surface area contributed by atoms with Gasteiger partial charge in [0.15, 0.2) is 0 Å². The second-order valence-electron chi connectivity index (χ2n) is 9.71. The van der Waals surface area contributed by atoms with E-state index >= 15 is 0 Å². The summed E-state index contributed by atoms with van der Waals surface area (Å²) in [7, 11) is 0. The van der Waals surface area contributed by atoms with E-state index < -0.39 is 0 Å². The van der Waals surface area contributed by atoms with E-state index in [4.69, 9.17) is 17.1 Å². The van der Waals surface area contributed by atoms with E-state index in [1.807, 2.05) is 25.1 Å². The first-order valence-electron chi connectivity index (χ1n) is 12.5. The van der Waals surface area contributed by atoms with Crippen LogP contribution in [0.3, 0.4) is 0 Å². The Morgan fingerprint density at radius 1 is 1.15 bits per heavy atom. The summed E-state index contributed by atoms with van der Waals surface area (Å²) in [5.74, 6) is 0. The Morgan fingerprint density at radius 3 is 2.74 bits per heavy atom. The first kappa shape index (κ1) is 23.1. The summed E-state index contributed by atoms with van der Waals surface area (Å²) in [6.45, 7) is 4.93. The fourth-order valence-corrected chi connectivity index (χ4v) is 5.92. The van der Waals surface area contributed by atoms with Gasteiger partial charge in [-0.3, -0.25) is 4.90 Å². The molecule has 0 bridgehead atoms. The fourth-order valence-electron chi connectivity index (χ4n) is 5.73. The summed E-state index contributed by atoms with van der Waals surface area (Å²) in [4.78, 5) is 2.67. The van der Waals surface area contributed by atoms with Gasteiger partial charge in [-0.05, 0) is 73.6 Å². The lowest BCUT2D eigenvalue weighted by molar-refractivity contribution is 0.219. The van der Waals surface area contributed by atoms with Gasteiger partial charge in [0.25, 0.3) is 0 Å². The Bertz CT molecular complexity index is 1120. The molecule has 3 N–H and O–H groups in total.